The Morgan fingerprint density at radius 1 is 1.45 bits per heavy atom. The molecule has 0 bridgehead atoms. The summed E-state index contributed by atoms with van der Waals surface area (Å²) < 4.78 is 31.8. The van der Waals surface area contributed by atoms with Crippen LogP contribution in [0.2, 0.25) is 0 Å². The van der Waals surface area contributed by atoms with Crippen molar-refractivity contribution in [2.45, 2.75) is 32.2 Å². The van der Waals surface area contributed by atoms with Crippen LogP contribution in [0, 0.1) is 17.6 Å². The van der Waals surface area contributed by atoms with Crippen LogP contribution in [0.5, 0.6) is 0 Å². The van der Waals surface area contributed by atoms with Crippen LogP contribution in [0.1, 0.15) is 37.8 Å². The zero-order valence-corrected chi connectivity index (χ0v) is 11.5. The molecule has 110 valence electrons. The third-order valence-electron chi connectivity index (χ3n) is 3.37. The van der Waals surface area contributed by atoms with Crippen LogP contribution in [0.3, 0.4) is 0 Å². The molecule has 0 saturated heterocycles. The van der Waals surface area contributed by atoms with Crippen molar-refractivity contribution < 1.29 is 18.3 Å². The first-order valence-corrected chi connectivity index (χ1v) is 6.92. The Kier molecular flexibility index (Phi) is 5.06. The predicted octanol–water partition coefficient (Wildman–Crippen LogP) is 2.96. The van der Waals surface area contributed by atoms with Crippen molar-refractivity contribution in [2.75, 3.05) is 13.2 Å². The molecular weight excluding hydrogens is 264 g/mol. The van der Waals surface area contributed by atoms with E-state index in [2.05, 4.69) is 5.32 Å². The molecule has 1 aliphatic carbocycles. The van der Waals surface area contributed by atoms with E-state index in [0.29, 0.717) is 24.5 Å². The van der Waals surface area contributed by atoms with Gasteiger partial charge in [0, 0.05) is 11.6 Å². The highest BCUT2D eigenvalue weighted by atomic mass is 19.1. The zero-order valence-electron chi connectivity index (χ0n) is 11.5. The van der Waals surface area contributed by atoms with E-state index in [1.807, 2.05) is 6.92 Å². The molecule has 0 aromatic heterocycles. The Bertz CT molecular complexity index is 475. The van der Waals surface area contributed by atoms with E-state index >= 15 is 0 Å². The molecule has 1 aliphatic rings. The molecule has 0 heterocycles. The predicted molar refractivity (Wildman–Crippen MR) is 71.1 cm³/mol. The van der Waals surface area contributed by atoms with Gasteiger partial charge in [0.25, 0.3) is 0 Å². The number of halogens is 2. The molecule has 1 N–H and O–H groups in total. The van der Waals surface area contributed by atoms with Gasteiger partial charge < -0.3 is 10.1 Å². The largest absolute Gasteiger partial charge is 0.371 e. The van der Waals surface area contributed by atoms with Gasteiger partial charge in [-0.15, -0.1) is 0 Å². The van der Waals surface area contributed by atoms with Gasteiger partial charge >= 0.3 is 0 Å². The standard InChI is InChI=1S/C15H19F2NO2/c1-2-14(12-6-5-11(16)7-13(12)17)18-15(19)9-20-8-10-3-4-10/h5-7,10,14H,2-4,8-9H2,1H3,(H,18,19)/t14-/m0/s1. The van der Waals surface area contributed by atoms with Crippen LogP contribution in [-0.2, 0) is 9.53 Å². The molecule has 1 aromatic rings. The second-order valence-corrected chi connectivity index (χ2v) is 5.15. The second kappa shape index (κ2) is 6.79. The van der Waals surface area contributed by atoms with E-state index in [1.165, 1.54) is 25.0 Å². The van der Waals surface area contributed by atoms with Gasteiger partial charge in [-0.2, -0.15) is 0 Å². The van der Waals surface area contributed by atoms with Gasteiger partial charge in [0.05, 0.1) is 12.6 Å². The number of rotatable bonds is 7. The first-order valence-electron chi connectivity index (χ1n) is 6.92. The van der Waals surface area contributed by atoms with Crippen LogP contribution in [0.4, 0.5) is 8.78 Å². The van der Waals surface area contributed by atoms with Crippen molar-refractivity contribution >= 4 is 5.91 Å². The van der Waals surface area contributed by atoms with Gasteiger partial charge in [-0.3, -0.25) is 4.79 Å². The van der Waals surface area contributed by atoms with Gasteiger partial charge in [0.15, 0.2) is 0 Å². The summed E-state index contributed by atoms with van der Waals surface area (Å²) in [5.74, 6) is -0.947. The summed E-state index contributed by atoms with van der Waals surface area (Å²) in [5, 5.41) is 2.71. The Labute approximate surface area is 117 Å². The summed E-state index contributed by atoms with van der Waals surface area (Å²) in [7, 11) is 0. The molecule has 5 heteroatoms. The van der Waals surface area contributed by atoms with Crippen molar-refractivity contribution in [1.29, 1.82) is 0 Å². The van der Waals surface area contributed by atoms with Gasteiger partial charge in [0.1, 0.15) is 18.2 Å². The molecule has 0 spiro atoms. The maximum atomic E-state index is 13.7. The summed E-state index contributed by atoms with van der Waals surface area (Å²) in [6, 6.07) is 2.92. The molecule has 1 aromatic carbocycles. The lowest BCUT2D eigenvalue weighted by Crippen LogP contribution is -2.32. The molecule has 0 aliphatic heterocycles. The fraction of sp³-hybridized carbons (Fsp3) is 0.533. The Hall–Kier alpha value is -1.49. The van der Waals surface area contributed by atoms with Crippen LogP contribution < -0.4 is 5.32 Å². The topological polar surface area (TPSA) is 38.3 Å². The number of hydrogen-bond donors (Lipinski definition) is 1. The molecule has 3 nitrogen and oxygen atoms in total. The smallest absolute Gasteiger partial charge is 0.246 e. The molecule has 20 heavy (non-hydrogen) atoms. The lowest BCUT2D eigenvalue weighted by atomic mass is 10.0. The number of amides is 1. The normalized spacial score (nSPS) is 15.9. The monoisotopic (exact) mass is 283 g/mol. The van der Waals surface area contributed by atoms with Crippen molar-refractivity contribution in [3.8, 4) is 0 Å². The average molecular weight is 283 g/mol. The van der Waals surface area contributed by atoms with Crippen molar-refractivity contribution in [1.82, 2.24) is 5.32 Å². The first-order chi connectivity index (χ1) is 9.60. The highest BCUT2D eigenvalue weighted by Gasteiger charge is 2.22. The molecule has 0 radical (unpaired) electrons. The quantitative estimate of drug-likeness (QED) is 0.835. The lowest BCUT2D eigenvalue weighted by molar-refractivity contribution is -0.126. The van der Waals surface area contributed by atoms with Crippen molar-refractivity contribution in [3.63, 3.8) is 0 Å². The van der Waals surface area contributed by atoms with Crippen molar-refractivity contribution in [3.05, 3.63) is 35.4 Å². The summed E-state index contributed by atoms with van der Waals surface area (Å²) in [5.41, 5.74) is 0.296. The van der Waals surface area contributed by atoms with Gasteiger partial charge in [-0.1, -0.05) is 13.0 Å². The van der Waals surface area contributed by atoms with E-state index < -0.39 is 17.7 Å². The van der Waals surface area contributed by atoms with Crippen LogP contribution in [-0.4, -0.2) is 19.1 Å². The summed E-state index contributed by atoms with van der Waals surface area (Å²) in [4.78, 5) is 11.7. The molecule has 2 rings (SSSR count). The van der Waals surface area contributed by atoms with E-state index in [-0.39, 0.29) is 12.5 Å². The molecule has 1 fully saturated rings. The van der Waals surface area contributed by atoms with Gasteiger partial charge in [0.2, 0.25) is 5.91 Å². The van der Waals surface area contributed by atoms with Crippen LogP contribution in [0.15, 0.2) is 18.2 Å². The van der Waals surface area contributed by atoms with E-state index in [0.717, 1.165) is 6.07 Å². The number of ether oxygens (including phenoxy) is 1. The maximum absolute atomic E-state index is 13.7. The fourth-order valence-electron chi connectivity index (χ4n) is 2.02. The number of nitrogens with one attached hydrogen (secondary N) is 1. The molecule has 1 atom stereocenters. The molecule has 1 amide bonds. The average Bonchev–Trinajstić information content (AvgIpc) is 3.21. The van der Waals surface area contributed by atoms with E-state index in [9.17, 15) is 13.6 Å². The zero-order chi connectivity index (χ0) is 14.5. The van der Waals surface area contributed by atoms with E-state index in [4.69, 9.17) is 4.74 Å². The highest BCUT2D eigenvalue weighted by Crippen LogP contribution is 2.28. The minimum Gasteiger partial charge on any atom is -0.371 e. The number of carbonyl (C=O) groups excluding carboxylic acids is 1. The van der Waals surface area contributed by atoms with Crippen molar-refractivity contribution in [2.24, 2.45) is 5.92 Å². The SMILES string of the molecule is CC[C@H](NC(=O)COCC1CC1)c1ccc(F)cc1F. The highest BCUT2D eigenvalue weighted by molar-refractivity contribution is 5.77. The molecular formula is C15H19F2NO2. The third-order valence-corrected chi connectivity index (χ3v) is 3.37. The molecule has 1 saturated carbocycles. The van der Waals surface area contributed by atoms with Crippen LogP contribution >= 0.6 is 0 Å². The summed E-state index contributed by atoms with van der Waals surface area (Å²) in [6.07, 6.45) is 2.86. The summed E-state index contributed by atoms with van der Waals surface area (Å²) in [6.45, 7) is 2.42. The number of benzene rings is 1. The Morgan fingerprint density at radius 3 is 2.80 bits per heavy atom. The third kappa shape index (κ3) is 4.27. The molecule has 0 unspecified atom stereocenters. The minimum absolute atomic E-state index is 0.0180. The lowest BCUT2D eigenvalue weighted by Gasteiger charge is -2.18. The number of hydrogen-bond acceptors (Lipinski definition) is 2. The minimum atomic E-state index is -0.643. The van der Waals surface area contributed by atoms with Crippen LogP contribution in [0.25, 0.3) is 0 Å². The van der Waals surface area contributed by atoms with E-state index in [1.54, 1.807) is 0 Å². The second-order valence-electron chi connectivity index (χ2n) is 5.15. The fourth-order valence-corrected chi connectivity index (χ4v) is 2.02. The maximum Gasteiger partial charge on any atom is 0.246 e. The summed E-state index contributed by atoms with van der Waals surface area (Å²) >= 11 is 0. The van der Waals surface area contributed by atoms with Gasteiger partial charge in [-0.05, 0) is 31.2 Å². The number of carbonyl (C=O) groups is 1. The van der Waals surface area contributed by atoms with Gasteiger partial charge in [-0.25, -0.2) is 8.78 Å². The Balaban J connectivity index is 1.88. The Morgan fingerprint density at radius 2 is 2.20 bits per heavy atom. The first kappa shape index (κ1) is 14.9.